The predicted molar refractivity (Wildman–Crippen MR) is 128 cm³/mol. The lowest BCUT2D eigenvalue weighted by atomic mass is 9.99. The number of rotatable bonds is 10. The number of phenolic OH excluding ortho intramolecular Hbond substituents is 1. The highest BCUT2D eigenvalue weighted by Crippen LogP contribution is 2.47. The number of benzene rings is 2. The first-order valence-corrected chi connectivity index (χ1v) is 13.5. The first-order chi connectivity index (χ1) is 13.7. The fourth-order valence-electron chi connectivity index (χ4n) is 4.90. The van der Waals surface area contributed by atoms with Gasteiger partial charge in [0.15, 0.2) is 0 Å². The molecule has 0 saturated carbocycles. The SMILES string of the molecule is CCCCCc1cc(O)c(-c2ccccc2)c(O[Si](C(C)C)(C(C)C)C(C)C)c1. The van der Waals surface area contributed by atoms with Gasteiger partial charge in [0.25, 0.3) is 8.32 Å². The van der Waals surface area contributed by atoms with Crippen molar-refractivity contribution in [2.75, 3.05) is 0 Å². The van der Waals surface area contributed by atoms with Crippen molar-refractivity contribution in [3.05, 3.63) is 48.0 Å². The van der Waals surface area contributed by atoms with E-state index < -0.39 is 8.32 Å². The molecule has 0 unspecified atom stereocenters. The van der Waals surface area contributed by atoms with Gasteiger partial charge in [-0.25, -0.2) is 0 Å². The predicted octanol–water partition coefficient (Wildman–Crippen LogP) is 8.35. The molecule has 0 aliphatic rings. The van der Waals surface area contributed by atoms with Crippen molar-refractivity contribution in [2.24, 2.45) is 0 Å². The lowest BCUT2D eigenvalue weighted by Gasteiger charge is -2.42. The Morgan fingerprint density at radius 2 is 1.45 bits per heavy atom. The molecule has 2 rings (SSSR count). The second kappa shape index (κ2) is 10.3. The lowest BCUT2D eigenvalue weighted by Crippen LogP contribution is -2.50. The van der Waals surface area contributed by atoms with E-state index in [1.165, 1.54) is 18.4 Å². The molecule has 3 heteroatoms. The first-order valence-electron chi connectivity index (χ1n) is 11.3. The molecule has 0 spiro atoms. The molecule has 160 valence electrons. The van der Waals surface area contributed by atoms with Gasteiger partial charge in [-0.1, -0.05) is 91.6 Å². The molecule has 0 bridgehead atoms. The zero-order valence-electron chi connectivity index (χ0n) is 19.5. The molecular weight excluding hydrogens is 372 g/mol. The lowest BCUT2D eigenvalue weighted by molar-refractivity contribution is 0.458. The number of unbranched alkanes of at least 4 members (excludes halogenated alkanes) is 2. The number of aryl methyl sites for hydroxylation is 1. The molecule has 1 N–H and O–H groups in total. The molecule has 0 aliphatic carbocycles. The molecule has 2 aromatic carbocycles. The van der Waals surface area contributed by atoms with Crippen LogP contribution < -0.4 is 4.43 Å². The monoisotopic (exact) mass is 412 g/mol. The Kier molecular flexibility index (Phi) is 8.39. The highest BCUT2D eigenvalue weighted by molar-refractivity contribution is 6.78. The summed E-state index contributed by atoms with van der Waals surface area (Å²) in [4.78, 5) is 0. The Morgan fingerprint density at radius 3 is 1.97 bits per heavy atom. The van der Waals surface area contributed by atoms with Crippen LogP contribution in [-0.2, 0) is 6.42 Å². The Balaban J connectivity index is 2.61. The van der Waals surface area contributed by atoms with Crippen molar-refractivity contribution < 1.29 is 9.53 Å². The van der Waals surface area contributed by atoms with Gasteiger partial charge in [-0.05, 0) is 52.7 Å². The van der Waals surface area contributed by atoms with Crippen LogP contribution in [0.3, 0.4) is 0 Å². The molecule has 0 amide bonds. The van der Waals surface area contributed by atoms with Gasteiger partial charge in [-0.3, -0.25) is 0 Å². The molecule has 0 heterocycles. The summed E-state index contributed by atoms with van der Waals surface area (Å²) in [5.41, 5.74) is 4.47. The van der Waals surface area contributed by atoms with Gasteiger partial charge >= 0.3 is 0 Å². The smallest absolute Gasteiger partial charge is 0.258 e. The Bertz CT molecular complexity index is 744. The van der Waals surface area contributed by atoms with Crippen LogP contribution in [0, 0.1) is 0 Å². The third kappa shape index (κ3) is 5.25. The number of phenols is 1. The van der Waals surface area contributed by atoms with Gasteiger partial charge in [-0.15, -0.1) is 0 Å². The van der Waals surface area contributed by atoms with Crippen LogP contribution in [0.2, 0.25) is 16.6 Å². The van der Waals surface area contributed by atoms with Crippen LogP contribution >= 0.6 is 0 Å². The van der Waals surface area contributed by atoms with Gasteiger partial charge in [0, 0.05) is 0 Å². The number of hydrogen-bond acceptors (Lipinski definition) is 2. The highest BCUT2D eigenvalue weighted by atomic mass is 28.4. The first kappa shape index (κ1) is 23.5. The van der Waals surface area contributed by atoms with E-state index in [1.807, 2.05) is 24.3 Å². The van der Waals surface area contributed by atoms with Crippen LogP contribution in [0.15, 0.2) is 42.5 Å². The molecule has 0 aliphatic heterocycles. The minimum Gasteiger partial charge on any atom is -0.542 e. The second-order valence-corrected chi connectivity index (χ2v) is 14.6. The van der Waals surface area contributed by atoms with E-state index in [0.717, 1.165) is 29.7 Å². The molecular formula is C26H40O2Si. The summed E-state index contributed by atoms with van der Waals surface area (Å²) in [6.45, 7) is 16.1. The standard InChI is InChI=1S/C26H40O2Si/c1-8-9-11-14-22-17-24(27)26(23-15-12-10-13-16-23)25(18-22)28-29(19(2)3,20(4)5)21(6)7/h10,12-13,15-21,27H,8-9,11,14H2,1-7H3. The van der Waals surface area contributed by atoms with E-state index in [-0.39, 0.29) is 0 Å². The van der Waals surface area contributed by atoms with E-state index in [4.69, 9.17) is 4.43 Å². The van der Waals surface area contributed by atoms with Crippen LogP contribution in [0.1, 0.15) is 73.3 Å². The van der Waals surface area contributed by atoms with Crippen molar-refractivity contribution in [1.82, 2.24) is 0 Å². The molecule has 2 aromatic rings. The number of hydrogen-bond donors (Lipinski definition) is 1. The van der Waals surface area contributed by atoms with Gasteiger partial charge in [-0.2, -0.15) is 0 Å². The summed E-state index contributed by atoms with van der Waals surface area (Å²) < 4.78 is 7.08. The minimum absolute atomic E-state index is 0.333. The highest BCUT2D eigenvalue weighted by Gasteiger charge is 2.47. The fourth-order valence-corrected chi connectivity index (χ4v) is 10.1. The summed E-state index contributed by atoms with van der Waals surface area (Å²) in [6.07, 6.45) is 4.52. The Morgan fingerprint density at radius 1 is 0.862 bits per heavy atom. The molecule has 0 aromatic heterocycles. The van der Waals surface area contributed by atoms with E-state index in [9.17, 15) is 5.11 Å². The summed E-state index contributed by atoms with van der Waals surface area (Å²) in [6, 6.07) is 14.3. The molecule has 0 radical (unpaired) electrons. The van der Waals surface area contributed by atoms with Gasteiger partial charge in [0.1, 0.15) is 11.5 Å². The zero-order chi connectivity index (χ0) is 21.6. The second-order valence-electron chi connectivity index (χ2n) is 9.23. The maximum atomic E-state index is 11.0. The average Bonchev–Trinajstić information content (AvgIpc) is 2.66. The Hall–Kier alpha value is -1.74. The van der Waals surface area contributed by atoms with E-state index >= 15 is 0 Å². The molecule has 29 heavy (non-hydrogen) atoms. The maximum Gasteiger partial charge on any atom is 0.258 e. The average molecular weight is 413 g/mol. The molecule has 0 atom stereocenters. The van der Waals surface area contributed by atoms with Crippen LogP contribution in [0.4, 0.5) is 0 Å². The fraction of sp³-hybridized carbons (Fsp3) is 0.538. The van der Waals surface area contributed by atoms with Gasteiger partial charge in [0.2, 0.25) is 0 Å². The molecule has 0 fully saturated rings. The quantitative estimate of drug-likeness (QED) is 0.314. The van der Waals surface area contributed by atoms with E-state index in [1.54, 1.807) is 0 Å². The van der Waals surface area contributed by atoms with Crippen LogP contribution in [0.25, 0.3) is 11.1 Å². The summed E-state index contributed by atoms with van der Waals surface area (Å²) in [5.74, 6) is 1.20. The third-order valence-electron chi connectivity index (χ3n) is 6.27. The van der Waals surface area contributed by atoms with E-state index in [0.29, 0.717) is 22.4 Å². The van der Waals surface area contributed by atoms with Crippen molar-refractivity contribution >= 4 is 8.32 Å². The van der Waals surface area contributed by atoms with Crippen molar-refractivity contribution in [3.63, 3.8) is 0 Å². The number of aromatic hydroxyl groups is 1. The van der Waals surface area contributed by atoms with Crippen molar-refractivity contribution in [2.45, 2.75) is 90.8 Å². The van der Waals surface area contributed by atoms with Crippen LogP contribution in [-0.4, -0.2) is 13.4 Å². The van der Waals surface area contributed by atoms with Crippen LogP contribution in [0.5, 0.6) is 11.5 Å². The largest absolute Gasteiger partial charge is 0.542 e. The summed E-state index contributed by atoms with van der Waals surface area (Å²) >= 11 is 0. The molecule has 0 saturated heterocycles. The minimum atomic E-state index is -2.13. The normalized spacial score (nSPS) is 12.2. The third-order valence-corrected chi connectivity index (χ3v) is 12.3. The Labute approximate surface area is 179 Å². The van der Waals surface area contributed by atoms with Gasteiger partial charge in [0.05, 0.1) is 5.56 Å². The van der Waals surface area contributed by atoms with Crippen molar-refractivity contribution in [3.8, 4) is 22.6 Å². The summed E-state index contributed by atoms with van der Waals surface area (Å²) in [7, 11) is -2.13. The van der Waals surface area contributed by atoms with Gasteiger partial charge < -0.3 is 9.53 Å². The van der Waals surface area contributed by atoms with Crippen molar-refractivity contribution in [1.29, 1.82) is 0 Å². The zero-order valence-corrected chi connectivity index (χ0v) is 20.5. The topological polar surface area (TPSA) is 29.5 Å². The van der Waals surface area contributed by atoms with E-state index in [2.05, 4.69) is 66.7 Å². The molecule has 2 nitrogen and oxygen atoms in total. The maximum absolute atomic E-state index is 11.0. The summed E-state index contributed by atoms with van der Waals surface area (Å²) in [5, 5.41) is 11.0.